The molecule has 0 saturated carbocycles. The van der Waals surface area contributed by atoms with Crippen molar-refractivity contribution in [1.82, 2.24) is 9.78 Å². The van der Waals surface area contributed by atoms with Gasteiger partial charge in [0.25, 0.3) is 0 Å². The first-order chi connectivity index (χ1) is 12.5. The molecule has 3 aromatic rings. The fourth-order valence-electron chi connectivity index (χ4n) is 2.64. The lowest BCUT2D eigenvalue weighted by Gasteiger charge is -2.16. The Morgan fingerprint density at radius 1 is 1.12 bits per heavy atom. The van der Waals surface area contributed by atoms with Crippen molar-refractivity contribution in [2.45, 2.75) is 36.6 Å². The maximum Gasteiger partial charge on any atom is 0.248 e. The molecule has 1 aromatic heterocycles. The molecule has 0 aliphatic heterocycles. The van der Waals surface area contributed by atoms with E-state index in [-0.39, 0.29) is 5.91 Å². The monoisotopic (exact) mass is 385 g/mol. The van der Waals surface area contributed by atoms with Crippen LogP contribution < -0.4 is 5.32 Å². The Hall–Kier alpha value is -2.24. The van der Waals surface area contributed by atoms with E-state index in [0.717, 1.165) is 26.9 Å². The highest BCUT2D eigenvalue weighted by atomic mass is 35.5. The number of anilines is 1. The van der Waals surface area contributed by atoms with Gasteiger partial charge in [-0.2, -0.15) is 5.10 Å². The fraction of sp³-hybridized carbons (Fsp3) is 0.200. The zero-order chi connectivity index (χ0) is 18.7. The third-order valence-corrected chi connectivity index (χ3v) is 5.73. The summed E-state index contributed by atoms with van der Waals surface area (Å²) in [5.41, 5.74) is 2.30. The van der Waals surface area contributed by atoms with Gasteiger partial charge in [0.2, 0.25) is 5.91 Å². The predicted molar refractivity (Wildman–Crippen MR) is 107 cm³/mol. The highest BCUT2D eigenvalue weighted by Crippen LogP contribution is 2.33. The first-order valence-corrected chi connectivity index (χ1v) is 9.51. The van der Waals surface area contributed by atoms with E-state index in [2.05, 4.69) is 10.4 Å². The van der Waals surface area contributed by atoms with Gasteiger partial charge >= 0.3 is 0 Å². The number of nitrogens with zero attached hydrogens (tertiary/aromatic N) is 2. The fourth-order valence-corrected chi connectivity index (χ4v) is 3.69. The summed E-state index contributed by atoms with van der Waals surface area (Å²) >= 11 is 7.82. The Labute approximate surface area is 162 Å². The molecule has 0 radical (unpaired) electrons. The Morgan fingerprint density at radius 2 is 1.77 bits per heavy atom. The molecule has 1 heterocycles. The van der Waals surface area contributed by atoms with E-state index in [1.165, 1.54) is 0 Å². The van der Waals surface area contributed by atoms with Crippen molar-refractivity contribution in [3.05, 3.63) is 71.0 Å². The average Bonchev–Trinajstić information content (AvgIpc) is 2.91. The second kappa shape index (κ2) is 7.98. The Bertz CT molecular complexity index is 924. The van der Waals surface area contributed by atoms with Gasteiger partial charge in [0, 0.05) is 9.79 Å². The highest BCUT2D eigenvalue weighted by molar-refractivity contribution is 7.99. The highest BCUT2D eigenvalue weighted by Gasteiger charge is 2.21. The van der Waals surface area contributed by atoms with Crippen molar-refractivity contribution < 1.29 is 4.79 Å². The maximum absolute atomic E-state index is 12.8. The molecule has 1 unspecified atom stereocenters. The molecule has 0 fully saturated rings. The number of aromatic nitrogens is 2. The van der Waals surface area contributed by atoms with Gasteiger partial charge in [-0.25, -0.2) is 0 Å². The van der Waals surface area contributed by atoms with Crippen LogP contribution in [-0.4, -0.2) is 15.7 Å². The molecule has 1 atom stereocenters. The lowest BCUT2D eigenvalue weighted by Crippen LogP contribution is -2.25. The van der Waals surface area contributed by atoms with E-state index >= 15 is 0 Å². The predicted octanol–water partition coefficient (Wildman–Crippen LogP) is 5.50. The van der Waals surface area contributed by atoms with E-state index in [9.17, 15) is 4.79 Å². The zero-order valence-electron chi connectivity index (χ0n) is 14.9. The van der Waals surface area contributed by atoms with E-state index in [4.69, 9.17) is 11.6 Å². The first-order valence-electron chi connectivity index (χ1n) is 8.31. The van der Waals surface area contributed by atoms with Gasteiger partial charge in [-0.3, -0.25) is 9.48 Å². The van der Waals surface area contributed by atoms with Crippen LogP contribution in [-0.2, 0) is 4.79 Å². The topological polar surface area (TPSA) is 46.9 Å². The van der Waals surface area contributed by atoms with Crippen LogP contribution in [0.3, 0.4) is 0 Å². The summed E-state index contributed by atoms with van der Waals surface area (Å²) in [7, 11) is 0. The summed E-state index contributed by atoms with van der Waals surface area (Å²) < 4.78 is 1.67. The van der Waals surface area contributed by atoms with Gasteiger partial charge in [-0.05, 0) is 45.0 Å². The third-order valence-electron chi connectivity index (χ3n) is 4.10. The quantitative estimate of drug-likeness (QED) is 0.630. The van der Waals surface area contributed by atoms with Crippen LogP contribution in [0.5, 0.6) is 0 Å². The summed E-state index contributed by atoms with van der Waals surface area (Å²) in [6, 6.07) is 17.4. The zero-order valence-corrected chi connectivity index (χ0v) is 16.4. The van der Waals surface area contributed by atoms with Crippen LogP contribution in [0.25, 0.3) is 0 Å². The molecular weight excluding hydrogens is 366 g/mol. The lowest BCUT2D eigenvalue weighted by molar-refractivity contribution is -0.119. The molecule has 134 valence electrons. The number of amides is 1. The SMILES string of the molecule is Cc1nn(C(C)C(=O)Nc2ccccc2Sc2ccccc2)c(C)c1Cl. The molecule has 26 heavy (non-hydrogen) atoms. The van der Waals surface area contributed by atoms with Crippen LogP contribution in [0, 0.1) is 13.8 Å². The van der Waals surface area contributed by atoms with E-state index < -0.39 is 6.04 Å². The second-order valence-corrected chi connectivity index (χ2v) is 7.50. The number of aryl methyl sites for hydroxylation is 1. The number of nitrogens with one attached hydrogen (secondary N) is 1. The molecular formula is C20H20ClN3OS. The van der Waals surface area contributed by atoms with Gasteiger partial charge in [-0.1, -0.05) is 53.7 Å². The van der Waals surface area contributed by atoms with Crippen molar-refractivity contribution >= 4 is 35.0 Å². The summed E-state index contributed by atoms with van der Waals surface area (Å²) in [6.45, 7) is 5.52. The molecule has 0 aliphatic rings. The molecule has 0 aliphatic carbocycles. The van der Waals surface area contributed by atoms with Crippen molar-refractivity contribution in [1.29, 1.82) is 0 Å². The van der Waals surface area contributed by atoms with Gasteiger partial charge in [0.1, 0.15) is 6.04 Å². The summed E-state index contributed by atoms with van der Waals surface area (Å²) in [5, 5.41) is 8.00. The van der Waals surface area contributed by atoms with E-state index in [1.807, 2.05) is 75.4 Å². The molecule has 0 bridgehead atoms. The summed E-state index contributed by atoms with van der Waals surface area (Å²) in [5.74, 6) is -0.131. The van der Waals surface area contributed by atoms with Gasteiger partial charge in [0.15, 0.2) is 0 Å². The molecule has 0 saturated heterocycles. The number of carbonyl (C=O) groups excluding carboxylic acids is 1. The largest absolute Gasteiger partial charge is 0.323 e. The maximum atomic E-state index is 12.8. The molecule has 1 N–H and O–H groups in total. The van der Waals surface area contributed by atoms with Crippen molar-refractivity contribution in [2.75, 3.05) is 5.32 Å². The number of rotatable bonds is 5. The third kappa shape index (κ3) is 3.94. The Morgan fingerprint density at radius 3 is 2.42 bits per heavy atom. The number of carbonyl (C=O) groups is 1. The Kier molecular flexibility index (Phi) is 5.69. The minimum Gasteiger partial charge on any atom is -0.323 e. The summed E-state index contributed by atoms with van der Waals surface area (Å²) in [6.07, 6.45) is 0. The van der Waals surface area contributed by atoms with Gasteiger partial charge < -0.3 is 5.32 Å². The minimum atomic E-state index is -0.462. The molecule has 2 aromatic carbocycles. The van der Waals surface area contributed by atoms with Crippen molar-refractivity contribution in [3.8, 4) is 0 Å². The molecule has 0 spiro atoms. The van der Waals surface area contributed by atoms with Crippen molar-refractivity contribution in [2.24, 2.45) is 0 Å². The number of para-hydroxylation sites is 1. The van der Waals surface area contributed by atoms with Crippen LogP contribution in [0.4, 0.5) is 5.69 Å². The average molecular weight is 386 g/mol. The molecule has 4 nitrogen and oxygen atoms in total. The lowest BCUT2D eigenvalue weighted by atomic mass is 10.2. The number of benzene rings is 2. The molecule has 3 rings (SSSR count). The van der Waals surface area contributed by atoms with Crippen LogP contribution in [0.15, 0.2) is 64.4 Å². The second-order valence-electron chi connectivity index (χ2n) is 6.01. The van der Waals surface area contributed by atoms with Crippen molar-refractivity contribution in [3.63, 3.8) is 0 Å². The smallest absolute Gasteiger partial charge is 0.248 e. The van der Waals surface area contributed by atoms with Gasteiger partial charge in [0.05, 0.1) is 22.1 Å². The van der Waals surface area contributed by atoms with E-state index in [1.54, 1.807) is 16.4 Å². The number of hydrogen-bond acceptors (Lipinski definition) is 3. The summed E-state index contributed by atoms with van der Waals surface area (Å²) in [4.78, 5) is 14.9. The standard InChI is InChI=1S/C20H20ClN3OS/c1-13-19(21)14(2)24(23-13)15(3)20(25)22-17-11-7-8-12-18(17)26-16-9-5-4-6-10-16/h4-12,15H,1-3H3,(H,22,25). The minimum absolute atomic E-state index is 0.131. The molecule has 6 heteroatoms. The normalized spacial score (nSPS) is 12.0. The van der Waals surface area contributed by atoms with Crippen LogP contribution >= 0.6 is 23.4 Å². The molecule has 1 amide bonds. The van der Waals surface area contributed by atoms with Gasteiger partial charge in [-0.15, -0.1) is 0 Å². The van der Waals surface area contributed by atoms with Crippen LogP contribution in [0.2, 0.25) is 5.02 Å². The number of hydrogen-bond donors (Lipinski definition) is 1. The van der Waals surface area contributed by atoms with Crippen LogP contribution in [0.1, 0.15) is 24.4 Å². The number of halogens is 1. The van der Waals surface area contributed by atoms with E-state index in [0.29, 0.717) is 5.02 Å². The first kappa shape index (κ1) is 18.5. The Balaban J connectivity index is 1.80.